The van der Waals surface area contributed by atoms with Gasteiger partial charge in [0.05, 0.1) is 6.54 Å². The van der Waals surface area contributed by atoms with Crippen LogP contribution in [0.25, 0.3) is 0 Å². The van der Waals surface area contributed by atoms with Gasteiger partial charge in [0.2, 0.25) is 5.91 Å². The number of nitrogens with one attached hydrogen (secondary N) is 1. The maximum absolute atomic E-state index is 11.9. The molecule has 1 aliphatic rings. The van der Waals surface area contributed by atoms with Gasteiger partial charge in [0.25, 0.3) is 0 Å². The van der Waals surface area contributed by atoms with Gasteiger partial charge >= 0.3 is 0 Å². The summed E-state index contributed by atoms with van der Waals surface area (Å²) in [5.41, 5.74) is 0. The van der Waals surface area contributed by atoms with Crippen molar-refractivity contribution in [1.82, 2.24) is 20.0 Å². The van der Waals surface area contributed by atoms with Crippen molar-refractivity contribution in [3.05, 3.63) is 0 Å². The first-order valence-electron chi connectivity index (χ1n) is 6.49. The molecule has 1 saturated heterocycles. The maximum atomic E-state index is 11.9. The highest BCUT2D eigenvalue weighted by atomic mass is 16.2. The third-order valence-electron chi connectivity index (χ3n) is 3.18. The number of amides is 1. The molecule has 0 atom stereocenters. The zero-order valence-corrected chi connectivity index (χ0v) is 11.4. The van der Waals surface area contributed by atoms with Gasteiger partial charge in [0.1, 0.15) is 0 Å². The van der Waals surface area contributed by atoms with Crippen LogP contribution in [-0.2, 0) is 4.79 Å². The Labute approximate surface area is 105 Å². The van der Waals surface area contributed by atoms with E-state index in [-0.39, 0.29) is 5.91 Å². The highest BCUT2D eigenvalue weighted by Crippen LogP contribution is 2.00. The predicted octanol–water partition coefficient (Wildman–Crippen LogP) is -0.698. The molecule has 1 aliphatic heterocycles. The van der Waals surface area contributed by atoms with E-state index in [1.807, 2.05) is 19.0 Å². The van der Waals surface area contributed by atoms with E-state index in [0.717, 1.165) is 45.8 Å². The molecule has 0 aromatic carbocycles. The molecule has 5 nitrogen and oxygen atoms in total. The SMILES string of the molecule is CCN1CCN(C(=O)CNCCN(C)C)CC1. The Morgan fingerprint density at radius 1 is 1.24 bits per heavy atom. The molecule has 100 valence electrons. The van der Waals surface area contributed by atoms with Gasteiger partial charge in [-0.2, -0.15) is 0 Å². The van der Waals surface area contributed by atoms with Crippen LogP contribution in [0.3, 0.4) is 0 Å². The van der Waals surface area contributed by atoms with E-state index < -0.39 is 0 Å². The number of carbonyl (C=O) groups excluding carboxylic acids is 1. The second-order valence-corrected chi connectivity index (χ2v) is 4.80. The summed E-state index contributed by atoms with van der Waals surface area (Å²) in [5, 5.41) is 3.19. The predicted molar refractivity (Wildman–Crippen MR) is 70.1 cm³/mol. The van der Waals surface area contributed by atoms with Crippen LogP contribution in [0.4, 0.5) is 0 Å². The zero-order valence-electron chi connectivity index (χ0n) is 11.4. The molecule has 1 heterocycles. The lowest BCUT2D eigenvalue weighted by molar-refractivity contribution is -0.131. The van der Waals surface area contributed by atoms with Crippen LogP contribution in [0.5, 0.6) is 0 Å². The number of nitrogens with zero attached hydrogens (tertiary/aromatic N) is 3. The summed E-state index contributed by atoms with van der Waals surface area (Å²) in [7, 11) is 4.07. The Kier molecular flexibility index (Phi) is 6.47. The van der Waals surface area contributed by atoms with Gasteiger partial charge in [-0.05, 0) is 20.6 Å². The molecule has 0 aliphatic carbocycles. The third kappa shape index (κ3) is 5.48. The fraction of sp³-hybridized carbons (Fsp3) is 0.917. The van der Waals surface area contributed by atoms with Crippen LogP contribution in [0.15, 0.2) is 0 Å². The molecule has 0 unspecified atom stereocenters. The van der Waals surface area contributed by atoms with Gasteiger partial charge in [-0.25, -0.2) is 0 Å². The highest BCUT2D eigenvalue weighted by molar-refractivity contribution is 5.78. The number of likely N-dealkylation sites (N-methyl/N-ethyl adjacent to an activating group) is 2. The first kappa shape index (κ1) is 14.4. The fourth-order valence-electron chi connectivity index (χ4n) is 1.92. The zero-order chi connectivity index (χ0) is 12.7. The molecule has 5 heteroatoms. The number of rotatable bonds is 6. The van der Waals surface area contributed by atoms with Crippen molar-refractivity contribution < 1.29 is 4.79 Å². The van der Waals surface area contributed by atoms with E-state index >= 15 is 0 Å². The molecule has 1 amide bonds. The van der Waals surface area contributed by atoms with Crippen molar-refractivity contribution in [1.29, 1.82) is 0 Å². The minimum Gasteiger partial charge on any atom is -0.339 e. The molecule has 1 rings (SSSR count). The molecule has 1 N–H and O–H groups in total. The molecular weight excluding hydrogens is 216 g/mol. The first-order valence-corrected chi connectivity index (χ1v) is 6.49. The van der Waals surface area contributed by atoms with Gasteiger partial charge in [-0.15, -0.1) is 0 Å². The van der Waals surface area contributed by atoms with Crippen LogP contribution in [0.2, 0.25) is 0 Å². The molecular formula is C12H26N4O. The minimum absolute atomic E-state index is 0.236. The summed E-state index contributed by atoms with van der Waals surface area (Å²) < 4.78 is 0. The molecule has 0 aromatic heterocycles. The largest absolute Gasteiger partial charge is 0.339 e. The van der Waals surface area contributed by atoms with E-state index in [9.17, 15) is 4.79 Å². The van der Waals surface area contributed by atoms with Crippen molar-refractivity contribution >= 4 is 5.91 Å². The third-order valence-corrected chi connectivity index (χ3v) is 3.18. The standard InChI is InChI=1S/C12H26N4O/c1-4-15-7-9-16(10-8-15)12(17)11-13-5-6-14(2)3/h13H,4-11H2,1-3H3. The summed E-state index contributed by atoms with van der Waals surface area (Å²) in [6.07, 6.45) is 0. The smallest absolute Gasteiger partial charge is 0.236 e. The van der Waals surface area contributed by atoms with Crippen molar-refractivity contribution in [2.24, 2.45) is 0 Å². The van der Waals surface area contributed by atoms with E-state index in [1.54, 1.807) is 0 Å². The van der Waals surface area contributed by atoms with E-state index in [4.69, 9.17) is 0 Å². The molecule has 17 heavy (non-hydrogen) atoms. The van der Waals surface area contributed by atoms with Crippen molar-refractivity contribution in [2.45, 2.75) is 6.92 Å². The topological polar surface area (TPSA) is 38.8 Å². The van der Waals surface area contributed by atoms with Crippen LogP contribution in [0.1, 0.15) is 6.92 Å². The first-order chi connectivity index (χ1) is 8.13. The Morgan fingerprint density at radius 3 is 2.41 bits per heavy atom. The highest BCUT2D eigenvalue weighted by Gasteiger charge is 2.19. The van der Waals surface area contributed by atoms with Crippen molar-refractivity contribution in [3.8, 4) is 0 Å². The molecule has 0 aromatic rings. The van der Waals surface area contributed by atoms with Crippen molar-refractivity contribution in [3.63, 3.8) is 0 Å². The van der Waals surface area contributed by atoms with Gasteiger partial charge in [-0.3, -0.25) is 4.79 Å². The Bertz CT molecular complexity index is 225. The Morgan fingerprint density at radius 2 is 1.88 bits per heavy atom. The average Bonchev–Trinajstić information content (AvgIpc) is 2.34. The quantitative estimate of drug-likeness (QED) is 0.625. The average molecular weight is 242 g/mol. The van der Waals surface area contributed by atoms with Crippen LogP contribution >= 0.6 is 0 Å². The normalized spacial score (nSPS) is 17.8. The number of carbonyl (C=O) groups is 1. The lowest BCUT2D eigenvalue weighted by atomic mass is 10.3. The second kappa shape index (κ2) is 7.63. The van der Waals surface area contributed by atoms with E-state index in [0.29, 0.717) is 6.54 Å². The second-order valence-electron chi connectivity index (χ2n) is 4.80. The Hall–Kier alpha value is -0.650. The molecule has 0 bridgehead atoms. The van der Waals surface area contributed by atoms with Gasteiger partial charge < -0.3 is 20.0 Å². The molecule has 1 fully saturated rings. The van der Waals surface area contributed by atoms with Crippen molar-refractivity contribution in [2.75, 3.05) is 66.5 Å². The van der Waals surface area contributed by atoms with Gasteiger partial charge in [0.15, 0.2) is 0 Å². The molecule has 0 saturated carbocycles. The van der Waals surface area contributed by atoms with E-state index in [2.05, 4.69) is 22.0 Å². The number of piperazine rings is 1. The summed E-state index contributed by atoms with van der Waals surface area (Å²) in [6.45, 7) is 9.35. The fourth-order valence-corrected chi connectivity index (χ4v) is 1.92. The molecule has 0 radical (unpaired) electrons. The summed E-state index contributed by atoms with van der Waals surface area (Å²) in [4.78, 5) is 18.3. The van der Waals surface area contributed by atoms with Crippen LogP contribution in [-0.4, -0.2) is 87.1 Å². The van der Waals surface area contributed by atoms with Crippen LogP contribution in [0, 0.1) is 0 Å². The lowest BCUT2D eigenvalue weighted by Gasteiger charge is -2.34. The Balaban J connectivity index is 2.12. The van der Waals surface area contributed by atoms with E-state index in [1.165, 1.54) is 0 Å². The lowest BCUT2D eigenvalue weighted by Crippen LogP contribution is -2.50. The summed E-state index contributed by atoms with van der Waals surface area (Å²) in [6, 6.07) is 0. The van der Waals surface area contributed by atoms with Gasteiger partial charge in [-0.1, -0.05) is 6.92 Å². The number of hydrogen-bond donors (Lipinski definition) is 1. The summed E-state index contributed by atoms with van der Waals surface area (Å²) in [5.74, 6) is 0.236. The van der Waals surface area contributed by atoms with Crippen LogP contribution < -0.4 is 5.32 Å². The molecule has 0 spiro atoms. The maximum Gasteiger partial charge on any atom is 0.236 e. The monoisotopic (exact) mass is 242 g/mol. The summed E-state index contributed by atoms with van der Waals surface area (Å²) >= 11 is 0. The van der Waals surface area contributed by atoms with Gasteiger partial charge in [0, 0.05) is 39.3 Å². The number of hydrogen-bond acceptors (Lipinski definition) is 4. The minimum atomic E-state index is 0.236.